The maximum Gasteiger partial charge on any atom is 0.262 e. The molecule has 0 aliphatic carbocycles. The Morgan fingerprint density at radius 2 is 1.77 bits per heavy atom. The van der Waals surface area contributed by atoms with Gasteiger partial charge in [-0.2, -0.15) is 0 Å². The summed E-state index contributed by atoms with van der Waals surface area (Å²) < 4.78 is 27.8. The van der Waals surface area contributed by atoms with Crippen LogP contribution in [0.1, 0.15) is 25.3 Å². The lowest BCUT2D eigenvalue weighted by Crippen LogP contribution is -2.35. The summed E-state index contributed by atoms with van der Waals surface area (Å²) in [6.07, 6.45) is 1.36. The highest BCUT2D eigenvalue weighted by Gasteiger charge is 2.19. The molecule has 142 valence electrons. The number of carbonyl (C=O) groups is 1. The summed E-state index contributed by atoms with van der Waals surface area (Å²) in [4.78, 5) is 12.1. The van der Waals surface area contributed by atoms with Crippen LogP contribution in [0.3, 0.4) is 0 Å². The van der Waals surface area contributed by atoms with Crippen molar-refractivity contribution in [2.75, 3.05) is 10.0 Å². The van der Waals surface area contributed by atoms with Crippen molar-refractivity contribution in [1.29, 1.82) is 0 Å². The van der Waals surface area contributed by atoms with Crippen molar-refractivity contribution in [2.45, 2.75) is 37.6 Å². The van der Waals surface area contributed by atoms with E-state index in [1.54, 1.807) is 49.4 Å². The molecule has 2 rings (SSSR count). The normalized spacial score (nSPS) is 12.0. The molecule has 2 aromatic rings. The van der Waals surface area contributed by atoms with Gasteiger partial charge in [0.15, 0.2) is 0 Å². The highest BCUT2D eigenvalue weighted by atomic mass is 35.5. The Labute approximate surface area is 160 Å². The molecular formula is C18H24ClN3O3S. The fraction of sp³-hybridized carbons (Fsp3) is 0.278. The Balaban J connectivity index is 0.00000338. The van der Waals surface area contributed by atoms with Gasteiger partial charge in [-0.15, -0.1) is 12.4 Å². The molecule has 0 heterocycles. The average Bonchev–Trinajstić information content (AvgIpc) is 2.57. The van der Waals surface area contributed by atoms with E-state index in [9.17, 15) is 13.2 Å². The van der Waals surface area contributed by atoms with Gasteiger partial charge in [-0.1, -0.05) is 37.6 Å². The molecule has 4 N–H and O–H groups in total. The molecule has 0 radical (unpaired) electrons. The van der Waals surface area contributed by atoms with Crippen molar-refractivity contribution in [3.05, 3.63) is 54.1 Å². The molecule has 0 aliphatic rings. The third-order valence-corrected chi connectivity index (χ3v) is 5.23. The van der Waals surface area contributed by atoms with Gasteiger partial charge in [-0.05, 0) is 43.2 Å². The maximum absolute atomic E-state index is 12.6. The molecule has 26 heavy (non-hydrogen) atoms. The van der Waals surface area contributed by atoms with E-state index in [0.29, 0.717) is 23.4 Å². The first-order valence-corrected chi connectivity index (χ1v) is 9.56. The van der Waals surface area contributed by atoms with Gasteiger partial charge in [0.2, 0.25) is 5.91 Å². The number of halogens is 1. The predicted molar refractivity (Wildman–Crippen MR) is 107 cm³/mol. The molecular weight excluding hydrogens is 374 g/mol. The zero-order valence-corrected chi connectivity index (χ0v) is 16.4. The molecule has 8 heteroatoms. The third kappa shape index (κ3) is 5.72. The van der Waals surface area contributed by atoms with Crippen LogP contribution in [-0.2, 0) is 14.8 Å². The maximum atomic E-state index is 12.6. The SMILES string of the molecule is CCCC(N)C(=O)Nc1ccc(C)c(S(=O)(=O)Nc2ccccc2)c1.Cl. The molecule has 6 nitrogen and oxygen atoms in total. The molecule has 0 spiro atoms. The molecule has 1 unspecified atom stereocenters. The van der Waals surface area contributed by atoms with Gasteiger partial charge in [-0.25, -0.2) is 8.42 Å². The zero-order valence-electron chi connectivity index (χ0n) is 14.7. The number of benzene rings is 2. The summed E-state index contributed by atoms with van der Waals surface area (Å²) in [7, 11) is -3.77. The molecule has 0 aliphatic heterocycles. The van der Waals surface area contributed by atoms with E-state index in [-0.39, 0.29) is 23.2 Å². The van der Waals surface area contributed by atoms with Crippen LogP contribution in [-0.4, -0.2) is 20.4 Å². The Morgan fingerprint density at radius 1 is 1.12 bits per heavy atom. The lowest BCUT2D eigenvalue weighted by molar-refractivity contribution is -0.117. The van der Waals surface area contributed by atoms with E-state index in [4.69, 9.17) is 5.73 Å². The minimum atomic E-state index is -3.77. The van der Waals surface area contributed by atoms with E-state index < -0.39 is 16.1 Å². The predicted octanol–water partition coefficient (Wildman–Crippen LogP) is 3.28. The van der Waals surface area contributed by atoms with E-state index in [0.717, 1.165) is 6.42 Å². The van der Waals surface area contributed by atoms with E-state index in [1.807, 2.05) is 6.92 Å². The van der Waals surface area contributed by atoms with Crippen molar-refractivity contribution in [3.8, 4) is 0 Å². The van der Waals surface area contributed by atoms with Gasteiger partial charge >= 0.3 is 0 Å². The van der Waals surface area contributed by atoms with Crippen molar-refractivity contribution in [1.82, 2.24) is 0 Å². The lowest BCUT2D eigenvalue weighted by Gasteiger charge is -2.14. The van der Waals surface area contributed by atoms with E-state index >= 15 is 0 Å². The summed E-state index contributed by atoms with van der Waals surface area (Å²) in [5, 5.41) is 2.67. The van der Waals surface area contributed by atoms with Crippen molar-refractivity contribution in [2.24, 2.45) is 5.73 Å². The second kappa shape index (κ2) is 9.56. The number of aryl methyl sites for hydroxylation is 1. The topological polar surface area (TPSA) is 101 Å². The highest BCUT2D eigenvalue weighted by molar-refractivity contribution is 7.92. The van der Waals surface area contributed by atoms with Gasteiger partial charge in [0.25, 0.3) is 10.0 Å². The molecule has 1 atom stereocenters. The highest BCUT2D eigenvalue weighted by Crippen LogP contribution is 2.23. The monoisotopic (exact) mass is 397 g/mol. The number of hydrogen-bond acceptors (Lipinski definition) is 4. The second-order valence-corrected chi connectivity index (χ2v) is 7.49. The fourth-order valence-electron chi connectivity index (χ4n) is 2.36. The molecule has 0 saturated carbocycles. The van der Waals surface area contributed by atoms with Crippen LogP contribution in [0.25, 0.3) is 0 Å². The van der Waals surface area contributed by atoms with Crippen LogP contribution < -0.4 is 15.8 Å². The summed E-state index contributed by atoms with van der Waals surface area (Å²) in [6, 6.07) is 12.8. The summed E-state index contributed by atoms with van der Waals surface area (Å²) in [6.45, 7) is 3.65. The molecule has 0 bridgehead atoms. The molecule has 1 amide bonds. The number of para-hydroxylation sites is 1. The number of sulfonamides is 1. The Bertz CT molecular complexity index is 842. The molecule has 2 aromatic carbocycles. The first-order valence-electron chi connectivity index (χ1n) is 8.08. The number of rotatable bonds is 7. The summed E-state index contributed by atoms with van der Waals surface area (Å²) in [5.41, 5.74) is 7.24. The third-order valence-electron chi connectivity index (χ3n) is 3.71. The van der Waals surface area contributed by atoms with Crippen LogP contribution in [0.4, 0.5) is 11.4 Å². The number of carbonyl (C=O) groups excluding carboxylic acids is 1. The van der Waals surface area contributed by atoms with Gasteiger partial charge in [0.1, 0.15) is 0 Å². The lowest BCUT2D eigenvalue weighted by atomic mass is 10.1. The first-order chi connectivity index (χ1) is 11.8. The van der Waals surface area contributed by atoms with Crippen LogP contribution >= 0.6 is 12.4 Å². The summed E-state index contributed by atoms with van der Waals surface area (Å²) in [5.74, 6) is -0.329. The first kappa shape index (κ1) is 22.0. The second-order valence-electron chi connectivity index (χ2n) is 5.84. The zero-order chi connectivity index (χ0) is 18.4. The van der Waals surface area contributed by atoms with E-state index in [1.165, 1.54) is 6.07 Å². The number of nitrogens with two attached hydrogens (primary N) is 1. The number of anilines is 2. The summed E-state index contributed by atoms with van der Waals surface area (Å²) >= 11 is 0. The van der Waals surface area contributed by atoms with Crippen LogP contribution in [0.2, 0.25) is 0 Å². The fourth-order valence-corrected chi connectivity index (χ4v) is 3.69. The Kier molecular flexibility index (Phi) is 8.08. The average molecular weight is 398 g/mol. The molecule has 0 aromatic heterocycles. The molecule has 0 fully saturated rings. The van der Waals surface area contributed by atoms with Crippen LogP contribution in [0.15, 0.2) is 53.4 Å². The molecule has 0 saturated heterocycles. The van der Waals surface area contributed by atoms with Gasteiger partial charge < -0.3 is 11.1 Å². The minimum absolute atomic E-state index is 0. The number of nitrogens with one attached hydrogen (secondary N) is 2. The van der Waals surface area contributed by atoms with Crippen molar-refractivity contribution in [3.63, 3.8) is 0 Å². The smallest absolute Gasteiger partial charge is 0.262 e. The number of hydrogen-bond donors (Lipinski definition) is 3. The van der Waals surface area contributed by atoms with Gasteiger partial charge in [0, 0.05) is 11.4 Å². The van der Waals surface area contributed by atoms with Crippen molar-refractivity contribution < 1.29 is 13.2 Å². The van der Waals surface area contributed by atoms with E-state index in [2.05, 4.69) is 10.0 Å². The van der Waals surface area contributed by atoms with Crippen molar-refractivity contribution >= 4 is 39.7 Å². The Morgan fingerprint density at radius 3 is 2.38 bits per heavy atom. The largest absolute Gasteiger partial charge is 0.325 e. The van der Waals surface area contributed by atoms with Crippen LogP contribution in [0, 0.1) is 6.92 Å². The Hall–Kier alpha value is -2.09. The van der Waals surface area contributed by atoms with Crippen LogP contribution in [0.5, 0.6) is 0 Å². The standard InChI is InChI=1S/C18H23N3O3S.ClH/c1-3-7-16(19)18(22)20-15-11-10-13(2)17(12-15)25(23,24)21-14-8-5-4-6-9-14;/h4-6,8-12,16,21H,3,7,19H2,1-2H3,(H,20,22);1H. The minimum Gasteiger partial charge on any atom is -0.325 e. The quantitative estimate of drug-likeness (QED) is 0.667. The number of amides is 1. The van der Waals surface area contributed by atoms with Gasteiger partial charge in [-0.3, -0.25) is 9.52 Å². The van der Waals surface area contributed by atoms with Gasteiger partial charge in [0.05, 0.1) is 10.9 Å².